The Kier molecular flexibility index (Phi) is 8.25. The summed E-state index contributed by atoms with van der Waals surface area (Å²) in [6.45, 7) is 11.2. The maximum atomic E-state index is 3.59. The first-order valence-electron chi connectivity index (χ1n) is 5.67. The van der Waals surface area contributed by atoms with E-state index in [0.29, 0.717) is 16.3 Å². The van der Waals surface area contributed by atoms with Gasteiger partial charge in [0.05, 0.1) is 0 Å². The number of alkyl halides is 1. The Morgan fingerprint density at radius 1 is 1.00 bits per heavy atom. The summed E-state index contributed by atoms with van der Waals surface area (Å²) in [4.78, 5) is 0. The molecule has 0 bridgehead atoms. The van der Waals surface area contributed by atoms with Crippen LogP contribution in [0, 0.1) is 5.92 Å². The predicted octanol–water partition coefficient (Wildman–Crippen LogP) is 3.12. The summed E-state index contributed by atoms with van der Waals surface area (Å²) in [7, 11) is 0. The molecule has 0 spiro atoms. The molecule has 0 aliphatic heterocycles. The molecule has 0 aromatic rings. The molecular weight excluding hydrogens is 287 g/mol. The van der Waals surface area contributed by atoms with E-state index in [-0.39, 0.29) is 0 Å². The highest BCUT2D eigenvalue weighted by Gasteiger charge is 2.16. The third kappa shape index (κ3) is 6.19. The van der Waals surface area contributed by atoms with Crippen LogP contribution in [-0.2, 0) is 0 Å². The SMILES string of the molecule is CCC(CC)C(C)NC(I)NC(C)C. The summed E-state index contributed by atoms with van der Waals surface area (Å²) in [6.07, 6.45) is 2.52. The van der Waals surface area contributed by atoms with Crippen LogP contribution in [0.25, 0.3) is 0 Å². The van der Waals surface area contributed by atoms with Gasteiger partial charge in [0.1, 0.15) is 4.17 Å². The first-order valence-corrected chi connectivity index (χ1v) is 6.91. The van der Waals surface area contributed by atoms with Crippen LogP contribution in [0.15, 0.2) is 0 Å². The van der Waals surface area contributed by atoms with Gasteiger partial charge in [-0.15, -0.1) is 0 Å². The number of nitrogens with one attached hydrogen (secondary N) is 2. The highest BCUT2D eigenvalue weighted by atomic mass is 127. The molecule has 0 fully saturated rings. The van der Waals surface area contributed by atoms with Gasteiger partial charge in [0, 0.05) is 12.1 Å². The smallest absolute Gasteiger partial charge is 0.111 e. The molecule has 0 amide bonds. The summed E-state index contributed by atoms with van der Waals surface area (Å²) in [5, 5.41) is 7.04. The van der Waals surface area contributed by atoms with Crippen molar-refractivity contribution in [3.8, 4) is 0 Å². The van der Waals surface area contributed by atoms with E-state index in [9.17, 15) is 0 Å². The van der Waals surface area contributed by atoms with Gasteiger partial charge in [0.15, 0.2) is 0 Å². The molecule has 0 aromatic heterocycles. The molecule has 0 aliphatic rings. The van der Waals surface area contributed by atoms with Gasteiger partial charge in [-0.2, -0.15) is 0 Å². The maximum absolute atomic E-state index is 3.59. The highest BCUT2D eigenvalue weighted by molar-refractivity contribution is 14.1. The summed E-state index contributed by atoms with van der Waals surface area (Å²) >= 11 is 2.42. The normalized spacial score (nSPS) is 16.3. The van der Waals surface area contributed by atoms with E-state index in [4.69, 9.17) is 0 Å². The Morgan fingerprint density at radius 2 is 1.50 bits per heavy atom. The van der Waals surface area contributed by atoms with Gasteiger partial charge in [-0.3, -0.25) is 10.6 Å². The van der Waals surface area contributed by atoms with E-state index in [1.165, 1.54) is 12.8 Å². The Hall–Kier alpha value is 0.650. The van der Waals surface area contributed by atoms with E-state index in [2.05, 4.69) is 67.8 Å². The second-order valence-electron chi connectivity index (χ2n) is 4.22. The Labute approximate surface area is 103 Å². The van der Waals surface area contributed by atoms with E-state index < -0.39 is 0 Å². The second-order valence-corrected chi connectivity index (χ2v) is 5.46. The fraction of sp³-hybridized carbons (Fsp3) is 1.00. The van der Waals surface area contributed by atoms with Crippen molar-refractivity contribution in [2.75, 3.05) is 0 Å². The molecule has 0 radical (unpaired) electrons. The third-order valence-corrected chi connectivity index (χ3v) is 3.36. The van der Waals surface area contributed by atoms with Gasteiger partial charge in [-0.25, -0.2) is 0 Å². The minimum absolute atomic E-state index is 0.378. The zero-order chi connectivity index (χ0) is 11.1. The summed E-state index contributed by atoms with van der Waals surface area (Å²) in [5.74, 6) is 0.793. The minimum atomic E-state index is 0.378. The van der Waals surface area contributed by atoms with Gasteiger partial charge in [-0.05, 0) is 49.3 Å². The summed E-state index contributed by atoms with van der Waals surface area (Å²) in [5.41, 5.74) is 0. The van der Waals surface area contributed by atoms with Gasteiger partial charge in [0.25, 0.3) is 0 Å². The molecule has 0 saturated carbocycles. The Morgan fingerprint density at radius 3 is 1.86 bits per heavy atom. The maximum Gasteiger partial charge on any atom is 0.111 e. The second kappa shape index (κ2) is 7.88. The van der Waals surface area contributed by atoms with Crippen molar-refractivity contribution in [2.24, 2.45) is 5.92 Å². The lowest BCUT2D eigenvalue weighted by Crippen LogP contribution is -2.47. The van der Waals surface area contributed by atoms with Crippen molar-refractivity contribution in [3.05, 3.63) is 0 Å². The quantitative estimate of drug-likeness (QED) is 0.327. The van der Waals surface area contributed by atoms with Crippen molar-refractivity contribution < 1.29 is 0 Å². The average Bonchev–Trinajstić information content (AvgIpc) is 2.04. The largest absolute Gasteiger partial charge is 0.291 e. The average molecular weight is 312 g/mol. The first-order chi connectivity index (χ1) is 6.51. The molecule has 3 heteroatoms. The number of halogens is 1. The van der Waals surface area contributed by atoms with Crippen LogP contribution in [0.4, 0.5) is 0 Å². The molecule has 2 unspecified atom stereocenters. The van der Waals surface area contributed by atoms with Crippen LogP contribution < -0.4 is 10.6 Å². The zero-order valence-corrected chi connectivity index (χ0v) is 12.3. The predicted molar refractivity (Wildman–Crippen MR) is 72.7 cm³/mol. The minimum Gasteiger partial charge on any atom is -0.291 e. The molecule has 0 heterocycles. The lowest BCUT2D eigenvalue weighted by atomic mass is 9.96. The molecule has 0 aromatic carbocycles. The molecule has 2 nitrogen and oxygen atoms in total. The van der Waals surface area contributed by atoms with Crippen LogP contribution in [0.1, 0.15) is 47.5 Å². The molecular formula is C11H25IN2. The van der Waals surface area contributed by atoms with Crippen LogP contribution >= 0.6 is 22.6 Å². The monoisotopic (exact) mass is 312 g/mol. The van der Waals surface area contributed by atoms with Crippen molar-refractivity contribution >= 4 is 22.6 Å². The van der Waals surface area contributed by atoms with Crippen LogP contribution in [0.2, 0.25) is 0 Å². The van der Waals surface area contributed by atoms with Crippen LogP contribution in [0.3, 0.4) is 0 Å². The molecule has 14 heavy (non-hydrogen) atoms. The van der Waals surface area contributed by atoms with Crippen molar-refractivity contribution in [3.63, 3.8) is 0 Å². The zero-order valence-electron chi connectivity index (χ0n) is 10.1. The van der Waals surface area contributed by atoms with Crippen molar-refractivity contribution in [1.82, 2.24) is 10.6 Å². The van der Waals surface area contributed by atoms with E-state index in [0.717, 1.165) is 5.92 Å². The van der Waals surface area contributed by atoms with Gasteiger partial charge in [-0.1, -0.05) is 26.7 Å². The molecule has 2 N–H and O–H groups in total. The fourth-order valence-electron chi connectivity index (χ4n) is 1.70. The molecule has 0 saturated heterocycles. The van der Waals surface area contributed by atoms with Crippen molar-refractivity contribution in [1.29, 1.82) is 0 Å². The standard InChI is InChI=1S/C11H25IN2/c1-6-10(7-2)9(5)14-11(12)13-8(3)4/h8-11,13-14H,6-7H2,1-5H3. The Balaban J connectivity index is 3.84. The van der Waals surface area contributed by atoms with E-state index in [1.807, 2.05) is 0 Å². The molecule has 2 atom stereocenters. The number of hydrogen-bond donors (Lipinski definition) is 2. The van der Waals surface area contributed by atoms with Crippen LogP contribution in [-0.4, -0.2) is 16.3 Å². The van der Waals surface area contributed by atoms with E-state index in [1.54, 1.807) is 0 Å². The summed E-state index contributed by atoms with van der Waals surface area (Å²) in [6, 6.07) is 1.14. The van der Waals surface area contributed by atoms with Gasteiger partial charge in [0.2, 0.25) is 0 Å². The van der Waals surface area contributed by atoms with Gasteiger partial charge < -0.3 is 0 Å². The lowest BCUT2D eigenvalue weighted by Gasteiger charge is -2.27. The number of rotatable bonds is 7. The fourth-order valence-corrected chi connectivity index (χ4v) is 2.99. The molecule has 0 rings (SSSR count). The highest BCUT2D eigenvalue weighted by Crippen LogP contribution is 2.13. The Bertz CT molecular complexity index is 135. The topological polar surface area (TPSA) is 24.1 Å². The lowest BCUT2D eigenvalue weighted by molar-refractivity contribution is 0.334. The number of hydrogen-bond acceptors (Lipinski definition) is 2. The molecule has 86 valence electrons. The third-order valence-electron chi connectivity index (χ3n) is 2.64. The molecule has 0 aliphatic carbocycles. The van der Waals surface area contributed by atoms with Crippen molar-refractivity contribution in [2.45, 2.75) is 63.7 Å². The first kappa shape index (κ1) is 14.6. The van der Waals surface area contributed by atoms with Gasteiger partial charge >= 0.3 is 0 Å². The van der Waals surface area contributed by atoms with Crippen LogP contribution in [0.5, 0.6) is 0 Å². The van der Waals surface area contributed by atoms with E-state index >= 15 is 0 Å². The summed E-state index contributed by atoms with van der Waals surface area (Å²) < 4.78 is 0.378.